The molecule has 1 N–H and O–H groups in total. The Kier molecular flexibility index (Phi) is 4.85. The first-order valence-corrected chi connectivity index (χ1v) is 6.49. The van der Waals surface area contributed by atoms with Gasteiger partial charge in [0.05, 0.1) is 12.6 Å². The summed E-state index contributed by atoms with van der Waals surface area (Å²) in [5.74, 6) is -0.0923. The van der Waals surface area contributed by atoms with E-state index >= 15 is 0 Å². The minimum atomic E-state index is -0.0923. The van der Waals surface area contributed by atoms with Gasteiger partial charge in [0.15, 0.2) is 0 Å². The normalized spacial score (nSPS) is 11.9. The summed E-state index contributed by atoms with van der Waals surface area (Å²) in [6.45, 7) is 2.49. The number of methoxy groups -OCH3 is 1. The molecule has 0 fully saturated rings. The van der Waals surface area contributed by atoms with Gasteiger partial charge in [-0.15, -0.1) is 0 Å². The highest BCUT2D eigenvalue weighted by atomic mass is 16.5. The third-order valence-corrected chi connectivity index (χ3v) is 3.06. The van der Waals surface area contributed by atoms with Crippen LogP contribution in [0.3, 0.4) is 0 Å². The lowest BCUT2D eigenvalue weighted by molar-refractivity contribution is 0.0939. The smallest absolute Gasteiger partial charge is 0.251 e. The van der Waals surface area contributed by atoms with Gasteiger partial charge in [0, 0.05) is 25.1 Å². The first-order chi connectivity index (χ1) is 9.70. The average molecular weight is 270 g/mol. The van der Waals surface area contributed by atoms with Gasteiger partial charge >= 0.3 is 0 Å². The molecular weight excluding hydrogens is 252 g/mol. The topological polar surface area (TPSA) is 51.2 Å². The summed E-state index contributed by atoms with van der Waals surface area (Å²) in [6, 6.07) is 11.1. The first kappa shape index (κ1) is 14.2. The molecular formula is C16H18N2O2. The van der Waals surface area contributed by atoms with E-state index in [0.717, 1.165) is 11.1 Å². The molecule has 1 amide bonds. The van der Waals surface area contributed by atoms with Crippen molar-refractivity contribution < 1.29 is 9.53 Å². The van der Waals surface area contributed by atoms with Crippen molar-refractivity contribution in [2.24, 2.45) is 0 Å². The summed E-state index contributed by atoms with van der Waals surface area (Å²) in [7, 11) is 1.65. The van der Waals surface area contributed by atoms with Crippen molar-refractivity contribution in [1.29, 1.82) is 0 Å². The van der Waals surface area contributed by atoms with Crippen molar-refractivity contribution in [3.8, 4) is 0 Å². The third-order valence-electron chi connectivity index (χ3n) is 3.06. The van der Waals surface area contributed by atoms with Gasteiger partial charge in [0.25, 0.3) is 5.91 Å². The highest BCUT2D eigenvalue weighted by Gasteiger charge is 2.11. The molecule has 1 aromatic carbocycles. The Labute approximate surface area is 118 Å². The van der Waals surface area contributed by atoms with E-state index < -0.39 is 0 Å². The summed E-state index contributed by atoms with van der Waals surface area (Å²) in [6.07, 6.45) is 3.47. The Balaban J connectivity index is 2.01. The van der Waals surface area contributed by atoms with Crippen LogP contribution in [-0.2, 0) is 11.3 Å². The van der Waals surface area contributed by atoms with E-state index in [-0.39, 0.29) is 11.9 Å². The molecule has 104 valence electrons. The third kappa shape index (κ3) is 3.65. The molecule has 1 heterocycles. The zero-order chi connectivity index (χ0) is 14.4. The minimum Gasteiger partial charge on any atom is -0.380 e. The van der Waals surface area contributed by atoms with E-state index in [0.29, 0.717) is 12.2 Å². The molecule has 1 aromatic heterocycles. The van der Waals surface area contributed by atoms with Crippen LogP contribution in [0.2, 0.25) is 0 Å². The van der Waals surface area contributed by atoms with E-state index in [1.807, 2.05) is 31.2 Å². The molecule has 0 bridgehead atoms. The quantitative estimate of drug-likeness (QED) is 0.908. The van der Waals surface area contributed by atoms with Crippen LogP contribution in [0.4, 0.5) is 0 Å². The Morgan fingerprint density at radius 3 is 2.65 bits per heavy atom. The van der Waals surface area contributed by atoms with Gasteiger partial charge in [-0.25, -0.2) is 0 Å². The van der Waals surface area contributed by atoms with Crippen molar-refractivity contribution in [2.75, 3.05) is 7.11 Å². The van der Waals surface area contributed by atoms with Crippen LogP contribution in [0.1, 0.15) is 34.5 Å². The molecule has 0 saturated heterocycles. The maximum Gasteiger partial charge on any atom is 0.251 e. The van der Waals surface area contributed by atoms with Crippen LogP contribution in [0.25, 0.3) is 0 Å². The number of pyridine rings is 1. The minimum absolute atomic E-state index is 0.0742. The number of amides is 1. The SMILES string of the molecule is COCc1ccc(C(=O)NC(C)c2cccnc2)cc1. The maximum atomic E-state index is 12.1. The number of nitrogens with zero attached hydrogens (tertiary/aromatic N) is 1. The van der Waals surface area contributed by atoms with E-state index in [4.69, 9.17) is 4.74 Å². The molecule has 0 aliphatic carbocycles. The molecule has 4 nitrogen and oxygen atoms in total. The number of ether oxygens (including phenoxy) is 1. The molecule has 0 aliphatic heterocycles. The number of carbonyl (C=O) groups is 1. The second-order valence-electron chi connectivity index (χ2n) is 4.61. The summed E-state index contributed by atoms with van der Waals surface area (Å²) in [4.78, 5) is 16.2. The Hall–Kier alpha value is -2.20. The molecule has 1 atom stereocenters. The number of carbonyl (C=O) groups excluding carboxylic acids is 1. The Bertz CT molecular complexity index is 552. The average Bonchev–Trinajstić information content (AvgIpc) is 2.49. The van der Waals surface area contributed by atoms with Gasteiger partial charge in [-0.2, -0.15) is 0 Å². The van der Waals surface area contributed by atoms with Crippen molar-refractivity contribution in [1.82, 2.24) is 10.3 Å². The summed E-state index contributed by atoms with van der Waals surface area (Å²) < 4.78 is 5.04. The van der Waals surface area contributed by atoms with Crippen LogP contribution in [-0.4, -0.2) is 18.0 Å². The number of benzene rings is 1. The fourth-order valence-electron chi connectivity index (χ4n) is 1.91. The first-order valence-electron chi connectivity index (χ1n) is 6.49. The van der Waals surface area contributed by atoms with E-state index in [1.165, 1.54) is 0 Å². The Morgan fingerprint density at radius 1 is 1.30 bits per heavy atom. The van der Waals surface area contributed by atoms with Crippen molar-refractivity contribution in [3.63, 3.8) is 0 Å². The summed E-state index contributed by atoms with van der Waals surface area (Å²) in [5.41, 5.74) is 2.67. The fraction of sp³-hybridized carbons (Fsp3) is 0.250. The molecule has 0 spiro atoms. The van der Waals surface area contributed by atoms with Gasteiger partial charge < -0.3 is 10.1 Å². The standard InChI is InChI=1S/C16H18N2O2/c1-12(15-4-3-9-17-10-15)18-16(19)14-7-5-13(6-8-14)11-20-2/h3-10,12H,11H2,1-2H3,(H,18,19). The van der Waals surface area contributed by atoms with Crippen molar-refractivity contribution >= 4 is 5.91 Å². The molecule has 0 radical (unpaired) electrons. The molecule has 0 saturated carbocycles. The highest BCUT2D eigenvalue weighted by molar-refractivity contribution is 5.94. The summed E-state index contributed by atoms with van der Waals surface area (Å²) in [5, 5.41) is 2.95. The van der Waals surface area contributed by atoms with Gasteiger partial charge in [-0.05, 0) is 36.2 Å². The van der Waals surface area contributed by atoms with Crippen molar-refractivity contribution in [2.45, 2.75) is 19.6 Å². The van der Waals surface area contributed by atoms with Gasteiger partial charge in [-0.3, -0.25) is 9.78 Å². The van der Waals surface area contributed by atoms with E-state index in [2.05, 4.69) is 10.3 Å². The van der Waals surface area contributed by atoms with E-state index in [9.17, 15) is 4.79 Å². The van der Waals surface area contributed by atoms with Crippen LogP contribution in [0.15, 0.2) is 48.8 Å². The number of rotatable bonds is 5. The lowest BCUT2D eigenvalue weighted by Gasteiger charge is -2.14. The van der Waals surface area contributed by atoms with Crippen LogP contribution >= 0.6 is 0 Å². The number of hydrogen-bond acceptors (Lipinski definition) is 3. The summed E-state index contributed by atoms with van der Waals surface area (Å²) >= 11 is 0. The van der Waals surface area contributed by atoms with Crippen molar-refractivity contribution in [3.05, 3.63) is 65.5 Å². The Morgan fingerprint density at radius 2 is 2.05 bits per heavy atom. The second-order valence-corrected chi connectivity index (χ2v) is 4.61. The molecule has 2 rings (SSSR count). The molecule has 0 aliphatic rings. The zero-order valence-corrected chi connectivity index (χ0v) is 11.7. The number of hydrogen-bond donors (Lipinski definition) is 1. The monoisotopic (exact) mass is 270 g/mol. The predicted molar refractivity (Wildman–Crippen MR) is 77.3 cm³/mol. The zero-order valence-electron chi connectivity index (χ0n) is 11.7. The van der Waals surface area contributed by atoms with Crippen LogP contribution in [0.5, 0.6) is 0 Å². The lowest BCUT2D eigenvalue weighted by Crippen LogP contribution is -2.26. The maximum absolute atomic E-state index is 12.1. The van der Waals surface area contributed by atoms with Crippen LogP contribution in [0, 0.1) is 0 Å². The van der Waals surface area contributed by atoms with Gasteiger partial charge in [0.2, 0.25) is 0 Å². The number of aromatic nitrogens is 1. The molecule has 2 aromatic rings. The molecule has 4 heteroatoms. The molecule has 1 unspecified atom stereocenters. The van der Waals surface area contributed by atoms with Gasteiger partial charge in [-0.1, -0.05) is 18.2 Å². The second kappa shape index (κ2) is 6.82. The number of nitrogens with one attached hydrogen (secondary N) is 1. The lowest BCUT2D eigenvalue weighted by atomic mass is 10.1. The van der Waals surface area contributed by atoms with Crippen LogP contribution < -0.4 is 5.32 Å². The largest absolute Gasteiger partial charge is 0.380 e. The molecule has 20 heavy (non-hydrogen) atoms. The van der Waals surface area contributed by atoms with Gasteiger partial charge in [0.1, 0.15) is 0 Å². The predicted octanol–water partition coefficient (Wildman–Crippen LogP) is 2.72. The fourth-order valence-corrected chi connectivity index (χ4v) is 1.91. The van der Waals surface area contributed by atoms with E-state index in [1.54, 1.807) is 31.6 Å². The highest BCUT2D eigenvalue weighted by Crippen LogP contribution is 2.12.